The Morgan fingerprint density at radius 3 is 2.21 bits per heavy atom. The SMILES string of the molecule is CC[C@H]1OC(=O)[C@H](C)[C@@H](O)[C@H](C)C[C@](C)(O)C[C@@H](C)CN(C)C(C)C(O)[C@H]1C. The lowest BCUT2D eigenvalue weighted by Crippen LogP contribution is -2.47. The van der Waals surface area contributed by atoms with Crippen LogP contribution in [0.15, 0.2) is 0 Å². The predicted octanol–water partition coefficient (Wildman–Crippen LogP) is 2.44. The number of hydrogen-bond acceptors (Lipinski definition) is 6. The minimum absolute atomic E-state index is 0.109. The Morgan fingerprint density at radius 1 is 1.11 bits per heavy atom. The molecule has 2 unspecified atom stereocenters. The number of likely N-dealkylation sites (N-methyl/N-ethyl adjacent to an activating group) is 1. The van der Waals surface area contributed by atoms with E-state index >= 15 is 0 Å². The van der Waals surface area contributed by atoms with Crippen LogP contribution in [0.5, 0.6) is 0 Å². The first-order valence-electron chi connectivity index (χ1n) is 10.8. The highest BCUT2D eigenvalue weighted by atomic mass is 16.5. The van der Waals surface area contributed by atoms with Crippen LogP contribution in [0.1, 0.15) is 67.7 Å². The summed E-state index contributed by atoms with van der Waals surface area (Å²) >= 11 is 0. The minimum atomic E-state index is -0.939. The topological polar surface area (TPSA) is 90.2 Å². The van der Waals surface area contributed by atoms with E-state index in [4.69, 9.17) is 4.74 Å². The van der Waals surface area contributed by atoms with Crippen LogP contribution in [0.3, 0.4) is 0 Å². The summed E-state index contributed by atoms with van der Waals surface area (Å²) in [5, 5.41) is 32.4. The molecule has 6 nitrogen and oxygen atoms in total. The number of aliphatic hydroxyl groups excluding tert-OH is 2. The van der Waals surface area contributed by atoms with Crippen LogP contribution in [-0.4, -0.2) is 69.7 Å². The summed E-state index contributed by atoms with van der Waals surface area (Å²) < 4.78 is 5.71. The van der Waals surface area contributed by atoms with Crippen molar-refractivity contribution in [2.45, 2.75) is 97.7 Å². The zero-order chi connectivity index (χ0) is 21.8. The Hall–Kier alpha value is -0.690. The molecule has 0 bridgehead atoms. The summed E-state index contributed by atoms with van der Waals surface area (Å²) in [6, 6.07) is -0.109. The second kappa shape index (κ2) is 10.4. The molecule has 1 saturated heterocycles. The van der Waals surface area contributed by atoms with Crippen LogP contribution in [0, 0.1) is 23.7 Å². The molecule has 1 heterocycles. The van der Waals surface area contributed by atoms with Crippen molar-refractivity contribution >= 4 is 5.97 Å². The second-order valence-corrected chi connectivity index (χ2v) is 9.68. The molecular weight excluding hydrogens is 358 g/mol. The minimum Gasteiger partial charge on any atom is -0.462 e. The van der Waals surface area contributed by atoms with Crippen LogP contribution in [0.25, 0.3) is 0 Å². The molecule has 1 rings (SSSR count). The molecule has 1 aliphatic heterocycles. The molecule has 0 aliphatic carbocycles. The van der Waals surface area contributed by atoms with Crippen molar-refractivity contribution in [3.8, 4) is 0 Å². The monoisotopic (exact) mass is 401 g/mol. The third kappa shape index (κ3) is 6.68. The maximum absolute atomic E-state index is 12.7. The summed E-state index contributed by atoms with van der Waals surface area (Å²) in [7, 11) is 1.98. The number of carbonyl (C=O) groups is 1. The van der Waals surface area contributed by atoms with Crippen LogP contribution in [-0.2, 0) is 9.53 Å². The van der Waals surface area contributed by atoms with E-state index in [2.05, 4.69) is 11.8 Å². The molecule has 0 radical (unpaired) electrons. The van der Waals surface area contributed by atoms with Crippen LogP contribution in [0.2, 0.25) is 0 Å². The first kappa shape index (κ1) is 25.3. The van der Waals surface area contributed by atoms with Gasteiger partial charge in [-0.3, -0.25) is 4.79 Å². The van der Waals surface area contributed by atoms with Crippen molar-refractivity contribution in [3.05, 3.63) is 0 Å². The van der Waals surface area contributed by atoms with E-state index < -0.39 is 35.8 Å². The van der Waals surface area contributed by atoms with E-state index in [0.29, 0.717) is 19.3 Å². The fourth-order valence-electron chi connectivity index (χ4n) is 4.74. The Bertz CT molecular complexity index is 497. The number of esters is 1. The average Bonchev–Trinajstić information content (AvgIpc) is 2.60. The van der Waals surface area contributed by atoms with Crippen molar-refractivity contribution in [2.75, 3.05) is 13.6 Å². The summed E-state index contributed by atoms with van der Waals surface area (Å²) in [6.45, 7) is 14.0. The van der Waals surface area contributed by atoms with E-state index in [1.807, 2.05) is 34.7 Å². The quantitative estimate of drug-likeness (QED) is 0.585. The number of ether oxygens (including phenoxy) is 1. The number of cyclic esters (lactones) is 1. The van der Waals surface area contributed by atoms with Gasteiger partial charge in [0.25, 0.3) is 0 Å². The molecule has 0 saturated carbocycles. The summed E-state index contributed by atoms with van der Waals surface area (Å²) in [5.74, 6) is -1.39. The fraction of sp³-hybridized carbons (Fsp3) is 0.955. The van der Waals surface area contributed by atoms with E-state index in [9.17, 15) is 20.1 Å². The number of aliphatic hydroxyl groups is 3. The molecule has 0 aromatic rings. The molecule has 0 spiro atoms. The van der Waals surface area contributed by atoms with Gasteiger partial charge in [0.15, 0.2) is 0 Å². The molecule has 9 atom stereocenters. The molecular formula is C22H43NO5. The van der Waals surface area contributed by atoms with E-state index in [1.165, 1.54) is 0 Å². The molecule has 1 aliphatic rings. The van der Waals surface area contributed by atoms with Gasteiger partial charge in [0.2, 0.25) is 0 Å². The molecule has 28 heavy (non-hydrogen) atoms. The van der Waals surface area contributed by atoms with Gasteiger partial charge in [-0.1, -0.05) is 27.7 Å². The lowest BCUT2D eigenvalue weighted by molar-refractivity contribution is -0.164. The largest absolute Gasteiger partial charge is 0.462 e. The highest BCUT2D eigenvalue weighted by Crippen LogP contribution is 2.30. The predicted molar refractivity (Wildman–Crippen MR) is 111 cm³/mol. The number of rotatable bonds is 1. The van der Waals surface area contributed by atoms with Gasteiger partial charge < -0.3 is 25.0 Å². The number of nitrogens with zero attached hydrogens (tertiary/aromatic N) is 1. The van der Waals surface area contributed by atoms with Crippen LogP contribution < -0.4 is 0 Å². The lowest BCUT2D eigenvalue weighted by Gasteiger charge is -2.37. The smallest absolute Gasteiger partial charge is 0.311 e. The summed E-state index contributed by atoms with van der Waals surface area (Å²) in [4.78, 5) is 14.8. The zero-order valence-electron chi connectivity index (χ0n) is 19.1. The van der Waals surface area contributed by atoms with Crippen molar-refractivity contribution in [1.29, 1.82) is 0 Å². The summed E-state index contributed by atoms with van der Waals surface area (Å²) in [6.07, 6.45) is -0.356. The van der Waals surface area contributed by atoms with Gasteiger partial charge in [0, 0.05) is 18.5 Å². The van der Waals surface area contributed by atoms with Gasteiger partial charge in [0.1, 0.15) is 6.10 Å². The Morgan fingerprint density at radius 2 is 1.68 bits per heavy atom. The molecule has 0 amide bonds. The maximum atomic E-state index is 12.7. The highest BCUT2D eigenvalue weighted by molar-refractivity contribution is 5.73. The highest BCUT2D eigenvalue weighted by Gasteiger charge is 2.37. The standard InChI is InChI=1S/C22H43NO5/c1-9-18-15(4)20(25)17(6)23(8)12-13(2)10-22(7,27)11-14(3)19(24)16(5)21(26)28-18/h13-20,24-25,27H,9-12H2,1-8H3/t13-,14-,15+,16-,17?,18-,19+,20?,22-/m1/s1. The maximum Gasteiger partial charge on any atom is 0.311 e. The van der Waals surface area contributed by atoms with Crippen molar-refractivity contribution < 1.29 is 24.9 Å². The van der Waals surface area contributed by atoms with Gasteiger partial charge in [0.05, 0.1) is 23.7 Å². The molecule has 0 aromatic heterocycles. The third-order valence-corrected chi connectivity index (χ3v) is 6.60. The number of hydrogen-bond donors (Lipinski definition) is 3. The van der Waals surface area contributed by atoms with E-state index in [-0.39, 0.29) is 23.8 Å². The molecule has 6 heteroatoms. The fourth-order valence-corrected chi connectivity index (χ4v) is 4.74. The van der Waals surface area contributed by atoms with Crippen LogP contribution >= 0.6 is 0 Å². The Balaban J connectivity index is 3.17. The zero-order valence-corrected chi connectivity index (χ0v) is 19.1. The summed E-state index contributed by atoms with van der Waals surface area (Å²) in [5.41, 5.74) is -0.939. The van der Waals surface area contributed by atoms with Crippen molar-refractivity contribution in [1.82, 2.24) is 4.90 Å². The van der Waals surface area contributed by atoms with E-state index in [0.717, 1.165) is 6.54 Å². The Labute approximate surface area is 171 Å². The van der Waals surface area contributed by atoms with Crippen molar-refractivity contribution in [2.24, 2.45) is 23.7 Å². The van der Waals surface area contributed by atoms with Crippen molar-refractivity contribution in [3.63, 3.8) is 0 Å². The average molecular weight is 402 g/mol. The number of carbonyl (C=O) groups excluding carboxylic acids is 1. The molecule has 166 valence electrons. The van der Waals surface area contributed by atoms with Crippen LogP contribution in [0.4, 0.5) is 0 Å². The van der Waals surface area contributed by atoms with Gasteiger partial charge in [-0.25, -0.2) is 0 Å². The Kier molecular flexibility index (Phi) is 9.39. The third-order valence-electron chi connectivity index (χ3n) is 6.60. The van der Waals surface area contributed by atoms with E-state index in [1.54, 1.807) is 13.8 Å². The lowest BCUT2D eigenvalue weighted by atomic mass is 9.81. The normalized spacial score (nSPS) is 45.8. The van der Waals surface area contributed by atoms with Gasteiger partial charge in [-0.2, -0.15) is 0 Å². The molecule has 0 aromatic carbocycles. The molecule has 3 N–H and O–H groups in total. The second-order valence-electron chi connectivity index (χ2n) is 9.68. The van der Waals surface area contributed by atoms with Gasteiger partial charge in [-0.05, 0) is 58.9 Å². The van der Waals surface area contributed by atoms with Gasteiger partial charge in [-0.15, -0.1) is 0 Å². The first-order chi connectivity index (χ1) is 12.8. The molecule has 1 fully saturated rings. The van der Waals surface area contributed by atoms with Gasteiger partial charge >= 0.3 is 5.97 Å². The first-order valence-corrected chi connectivity index (χ1v) is 10.8.